The number of nitrogens with zero attached hydrogens (tertiary/aromatic N) is 3. The van der Waals surface area contributed by atoms with Gasteiger partial charge in [0.1, 0.15) is 18.0 Å². The molecule has 0 spiro atoms. The SMILES string of the molecule is Cc1nn(C)c(OCc2ccccc2F)c1C(N)=NO. The summed E-state index contributed by atoms with van der Waals surface area (Å²) >= 11 is 0. The van der Waals surface area contributed by atoms with Crippen molar-refractivity contribution in [2.24, 2.45) is 17.9 Å². The second kappa shape index (κ2) is 5.60. The summed E-state index contributed by atoms with van der Waals surface area (Å²) in [6.07, 6.45) is 0. The molecule has 0 aliphatic heterocycles. The second-order valence-electron chi connectivity index (χ2n) is 4.25. The highest BCUT2D eigenvalue weighted by atomic mass is 19.1. The summed E-state index contributed by atoms with van der Waals surface area (Å²) in [5.74, 6) is -0.128. The van der Waals surface area contributed by atoms with E-state index in [1.807, 2.05) is 0 Å². The van der Waals surface area contributed by atoms with Crippen LogP contribution in [0.3, 0.4) is 0 Å². The Bertz CT molecular complexity index is 652. The number of rotatable bonds is 4. The van der Waals surface area contributed by atoms with Gasteiger partial charge in [0, 0.05) is 12.6 Å². The zero-order valence-corrected chi connectivity index (χ0v) is 11.2. The van der Waals surface area contributed by atoms with Gasteiger partial charge in [0.25, 0.3) is 0 Å². The number of halogens is 1. The summed E-state index contributed by atoms with van der Waals surface area (Å²) in [6.45, 7) is 1.74. The fourth-order valence-corrected chi connectivity index (χ4v) is 1.91. The number of nitrogens with two attached hydrogens (primary N) is 1. The second-order valence-corrected chi connectivity index (χ2v) is 4.25. The number of hydrogen-bond donors (Lipinski definition) is 2. The Morgan fingerprint density at radius 2 is 2.20 bits per heavy atom. The molecule has 106 valence electrons. The molecule has 3 N–H and O–H groups in total. The van der Waals surface area contributed by atoms with E-state index in [-0.39, 0.29) is 18.3 Å². The van der Waals surface area contributed by atoms with Crippen molar-refractivity contribution in [2.75, 3.05) is 0 Å². The van der Waals surface area contributed by atoms with E-state index in [1.54, 1.807) is 32.2 Å². The summed E-state index contributed by atoms with van der Waals surface area (Å²) in [7, 11) is 1.66. The van der Waals surface area contributed by atoms with Crippen LogP contribution in [0.25, 0.3) is 0 Å². The lowest BCUT2D eigenvalue weighted by atomic mass is 10.2. The van der Waals surface area contributed by atoms with Gasteiger partial charge in [-0.3, -0.25) is 0 Å². The zero-order valence-electron chi connectivity index (χ0n) is 11.2. The molecule has 0 radical (unpaired) electrons. The maximum Gasteiger partial charge on any atom is 0.223 e. The number of amidine groups is 1. The lowest BCUT2D eigenvalue weighted by Gasteiger charge is -2.09. The van der Waals surface area contributed by atoms with Gasteiger partial charge in [0.05, 0.1) is 5.69 Å². The van der Waals surface area contributed by atoms with Crippen molar-refractivity contribution in [3.8, 4) is 5.88 Å². The molecule has 1 aromatic heterocycles. The maximum absolute atomic E-state index is 13.5. The molecule has 0 atom stereocenters. The van der Waals surface area contributed by atoms with E-state index in [4.69, 9.17) is 15.7 Å². The van der Waals surface area contributed by atoms with Crippen molar-refractivity contribution in [1.82, 2.24) is 9.78 Å². The quantitative estimate of drug-likeness (QED) is 0.384. The van der Waals surface area contributed by atoms with Crippen molar-refractivity contribution < 1.29 is 14.3 Å². The molecule has 0 saturated heterocycles. The Balaban J connectivity index is 2.28. The number of benzene rings is 1. The van der Waals surface area contributed by atoms with Gasteiger partial charge in [-0.2, -0.15) is 5.10 Å². The van der Waals surface area contributed by atoms with Crippen LogP contribution < -0.4 is 10.5 Å². The van der Waals surface area contributed by atoms with Crippen molar-refractivity contribution in [1.29, 1.82) is 0 Å². The number of hydrogen-bond acceptors (Lipinski definition) is 4. The molecule has 7 heteroatoms. The van der Waals surface area contributed by atoms with Gasteiger partial charge in [-0.05, 0) is 13.0 Å². The summed E-state index contributed by atoms with van der Waals surface area (Å²) in [5.41, 5.74) is 6.97. The minimum Gasteiger partial charge on any atom is -0.472 e. The molecule has 2 aromatic rings. The van der Waals surface area contributed by atoms with Crippen LogP contribution >= 0.6 is 0 Å². The van der Waals surface area contributed by atoms with Crippen LogP contribution in [0, 0.1) is 12.7 Å². The van der Waals surface area contributed by atoms with E-state index in [0.29, 0.717) is 22.7 Å². The summed E-state index contributed by atoms with van der Waals surface area (Å²) in [6, 6.07) is 6.31. The highest BCUT2D eigenvalue weighted by Crippen LogP contribution is 2.22. The van der Waals surface area contributed by atoms with Gasteiger partial charge in [0.2, 0.25) is 5.88 Å². The first kappa shape index (κ1) is 13.9. The Labute approximate surface area is 115 Å². The lowest BCUT2D eigenvalue weighted by molar-refractivity contribution is 0.272. The zero-order chi connectivity index (χ0) is 14.7. The van der Waals surface area contributed by atoms with Crippen molar-refractivity contribution in [3.05, 3.63) is 46.9 Å². The highest BCUT2D eigenvalue weighted by molar-refractivity contribution is 6.00. The Kier molecular flexibility index (Phi) is 3.88. The molecule has 20 heavy (non-hydrogen) atoms. The van der Waals surface area contributed by atoms with E-state index in [2.05, 4.69) is 10.3 Å². The normalized spacial score (nSPS) is 11.7. The third-order valence-corrected chi connectivity index (χ3v) is 2.86. The van der Waals surface area contributed by atoms with Crippen molar-refractivity contribution >= 4 is 5.84 Å². The lowest BCUT2D eigenvalue weighted by Crippen LogP contribution is -2.15. The predicted molar refractivity (Wildman–Crippen MR) is 71.2 cm³/mol. The largest absolute Gasteiger partial charge is 0.472 e. The molecule has 6 nitrogen and oxygen atoms in total. The van der Waals surface area contributed by atoms with Gasteiger partial charge >= 0.3 is 0 Å². The summed E-state index contributed by atoms with van der Waals surface area (Å²) in [4.78, 5) is 0. The topological polar surface area (TPSA) is 85.7 Å². The number of oxime groups is 1. The van der Waals surface area contributed by atoms with Gasteiger partial charge in [-0.15, -0.1) is 0 Å². The minimum absolute atomic E-state index is 0.0252. The third kappa shape index (κ3) is 2.56. The number of aromatic nitrogens is 2. The van der Waals surface area contributed by atoms with Crippen LogP contribution in [0.4, 0.5) is 4.39 Å². The average Bonchev–Trinajstić information content (AvgIpc) is 2.71. The Morgan fingerprint density at radius 1 is 1.50 bits per heavy atom. The molecule has 0 amide bonds. The molecule has 0 saturated carbocycles. The standard InChI is InChI=1S/C13H15FN4O2/c1-8-11(12(15)17-19)13(18(2)16-8)20-7-9-5-3-4-6-10(9)14/h3-6,19H,7H2,1-2H3,(H2,15,17). The predicted octanol–water partition coefficient (Wildman–Crippen LogP) is 1.54. The highest BCUT2D eigenvalue weighted by Gasteiger charge is 2.19. The van der Waals surface area contributed by atoms with E-state index in [1.165, 1.54) is 10.7 Å². The van der Waals surface area contributed by atoms with Crippen molar-refractivity contribution in [3.63, 3.8) is 0 Å². The monoisotopic (exact) mass is 278 g/mol. The van der Waals surface area contributed by atoms with Gasteiger partial charge in [-0.25, -0.2) is 9.07 Å². The van der Waals surface area contributed by atoms with Gasteiger partial charge < -0.3 is 15.7 Å². The van der Waals surface area contributed by atoms with Gasteiger partial charge in [-0.1, -0.05) is 23.4 Å². The van der Waals surface area contributed by atoms with Crippen LogP contribution in [0.1, 0.15) is 16.8 Å². The smallest absolute Gasteiger partial charge is 0.223 e. The molecule has 0 bridgehead atoms. The molecule has 0 aliphatic rings. The molecule has 0 unspecified atom stereocenters. The molecule has 2 rings (SSSR count). The Hall–Kier alpha value is -2.57. The van der Waals surface area contributed by atoms with Crippen LogP contribution in [0.2, 0.25) is 0 Å². The first-order valence-corrected chi connectivity index (χ1v) is 5.92. The van der Waals surface area contributed by atoms with E-state index in [0.717, 1.165) is 0 Å². The van der Waals surface area contributed by atoms with Crippen LogP contribution in [-0.2, 0) is 13.7 Å². The molecular formula is C13H15FN4O2. The maximum atomic E-state index is 13.5. The fraction of sp³-hybridized carbons (Fsp3) is 0.231. The van der Waals surface area contributed by atoms with E-state index in [9.17, 15) is 4.39 Å². The first-order chi connectivity index (χ1) is 9.54. The molecule has 1 aromatic carbocycles. The first-order valence-electron chi connectivity index (χ1n) is 5.92. The molecule has 1 heterocycles. The van der Waals surface area contributed by atoms with Crippen LogP contribution in [-0.4, -0.2) is 20.8 Å². The third-order valence-electron chi connectivity index (χ3n) is 2.86. The van der Waals surface area contributed by atoms with E-state index < -0.39 is 0 Å². The summed E-state index contributed by atoms with van der Waals surface area (Å²) in [5, 5.41) is 15.9. The average molecular weight is 278 g/mol. The molecule has 0 aliphatic carbocycles. The number of aryl methyl sites for hydroxylation is 2. The van der Waals surface area contributed by atoms with Crippen molar-refractivity contribution in [2.45, 2.75) is 13.5 Å². The summed E-state index contributed by atoms with van der Waals surface area (Å²) < 4.78 is 20.6. The molecule has 0 fully saturated rings. The van der Waals surface area contributed by atoms with E-state index >= 15 is 0 Å². The fourth-order valence-electron chi connectivity index (χ4n) is 1.91. The number of ether oxygens (including phenoxy) is 1. The minimum atomic E-state index is -0.350. The van der Waals surface area contributed by atoms with Gasteiger partial charge in [0.15, 0.2) is 5.84 Å². The Morgan fingerprint density at radius 3 is 2.85 bits per heavy atom. The van der Waals surface area contributed by atoms with Crippen LogP contribution in [0.5, 0.6) is 5.88 Å². The molecular weight excluding hydrogens is 263 g/mol. The van der Waals surface area contributed by atoms with Crippen LogP contribution in [0.15, 0.2) is 29.4 Å².